The molecule has 5 rings (SSSR count). The number of anilines is 1. The summed E-state index contributed by atoms with van der Waals surface area (Å²) in [5.74, 6) is -2.40. The second-order valence-electron chi connectivity index (χ2n) is 10.7. The predicted octanol–water partition coefficient (Wildman–Crippen LogP) is 6.93. The second kappa shape index (κ2) is 11.9. The van der Waals surface area contributed by atoms with Gasteiger partial charge in [0.1, 0.15) is 11.6 Å². The van der Waals surface area contributed by atoms with Crippen molar-refractivity contribution in [3.63, 3.8) is 0 Å². The van der Waals surface area contributed by atoms with Crippen LogP contribution >= 0.6 is 11.6 Å². The van der Waals surface area contributed by atoms with Crippen molar-refractivity contribution in [3.8, 4) is 11.1 Å². The summed E-state index contributed by atoms with van der Waals surface area (Å²) in [4.78, 5) is 44.6. The van der Waals surface area contributed by atoms with E-state index in [0.29, 0.717) is 30.6 Å². The molecule has 0 unspecified atom stereocenters. The lowest BCUT2D eigenvalue weighted by Crippen LogP contribution is -2.38. The molecule has 6 nitrogen and oxygen atoms in total. The van der Waals surface area contributed by atoms with Crippen molar-refractivity contribution < 1.29 is 23.2 Å². The van der Waals surface area contributed by atoms with Gasteiger partial charge in [0.15, 0.2) is 5.82 Å². The number of nitrogens with zero attached hydrogens (tertiary/aromatic N) is 2. The monoisotopic (exact) mass is 577 g/mol. The molecule has 3 heterocycles. The van der Waals surface area contributed by atoms with Gasteiger partial charge in [-0.1, -0.05) is 37.1 Å². The normalized spacial score (nSPS) is 19.4. The molecule has 2 aromatic carbocycles. The molecule has 0 fully saturated rings. The number of pyridine rings is 1. The Hall–Kier alpha value is -3.91. The molecule has 1 N–H and O–H groups in total. The fourth-order valence-electron chi connectivity index (χ4n) is 5.59. The van der Waals surface area contributed by atoms with E-state index in [1.165, 1.54) is 13.0 Å². The Morgan fingerprint density at radius 3 is 2.68 bits per heavy atom. The molecule has 0 aliphatic carbocycles. The third-order valence-corrected chi connectivity index (χ3v) is 8.03. The van der Waals surface area contributed by atoms with Crippen molar-refractivity contribution in [3.05, 3.63) is 88.2 Å². The van der Waals surface area contributed by atoms with Crippen LogP contribution in [0.1, 0.15) is 62.4 Å². The van der Waals surface area contributed by atoms with Gasteiger partial charge in [0.05, 0.1) is 22.3 Å². The van der Waals surface area contributed by atoms with Crippen molar-refractivity contribution in [2.24, 2.45) is 5.92 Å². The van der Waals surface area contributed by atoms with Gasteiger partial charge in [-0.2, -0.15) is 0 Å². The van der Waals surface area contributed by atoms with Crippen molar-refractivity contribution in [2.75, 3.05) is 11.9 Å². The Bertz CT molecular complexity index is 1570. The topological polar surface area (TPSA) is 79.4 Å². The molecule has 2 aliphatic heterocycles. The van der Waals surface area contributed by atoms with Gasteiger partial charge in [-0.25, -0.2) is 8.78 Å². The molecule has 0 radical (unpaired) electrons. The fraction of sp³-hybridized carbons (Fsp3) is 0.312. The van der Waals surface area contributed by atoms with E-state index in [2.05, 4.69) is 10.3 Å². The van der Waals surface area contributed by atoms with Crippen molar-refractivity contribution in [1.29, 1.82) is 0 Å². The third-order valence-electron chi connectivity index (χ3n) is 7.73. The molecule has 3 aromatic rings. The van der Waals surface area contributed by atoms with Crippen LogP contribution in [-0.2, 0) is 20.8 Å². The summed E-state index contributed by atoms with van der Waals surface area (Å²) in [6.45, 7) is 3.63. The summed E-state index contributed by atoms with van der Waals surface area (Å²) in [5.41, 5.74) is 3.68. The number of amides is 2. The average molecular weight is 578 g/mol. The van der Waals surface area contributed by atoms with Gasteiger partial charge in [0.2, 0.25) is 11.8 Å². The number of benzene rings is 2. The fourth-order valence-corrected chi connectivity index (χ4v) is 5.75. The summed E-state index contributed by atoms with van der Waals surface area (Å²) in [6.07, 6.45) is 5.27. The van der Waals surface area contributed by atoms with Gasteiger partial charge in [0.25, 0.3) is 0 Å². The summed E-state index contributed by atoms with van der Waals surface area (Å²) < 4.78 is 29.2. The quantitative estimate of drug-likeness (QED) is 0.341. The van der Waals surface area contributed by atoms with Crippen LogP contribution in [0.4, 0.5) is 14.5 Å². The number of aromatic nitrogens is 1. The van der Waals surface area contributed by atoms with E-state index in [1.807, 2.05) is 37.3 Å². The summed E-state index contributed by atoms with van der Waals surface area (Å²) in [5, 5.41) is 2.85. The highest BCUT2D eigenvalue weighted by molar-refractivity contribution is 6.31. The molecule has 212 valence electrons. The highest BCUT2D eigenvalue weighted by Gasteiger charge is 2.31. The molecule has 9 heteroatoms. The number of carbonyl (C=O) groups is 3. The van der Waals surface area contributed by atoms with Crippen LogP contribution < -0.4 is 5.32 Å². The standard InChI is InChI=1S/C32H30ClF2N3O3/c1-18-4-3-5-28(38-13-11-22(17-29(38)40)30-25(34)9-8-24(33)31(30)35)27-16-21(10-12-36-27)23-7-6-20(14-19(2)39)15-26(23)37-32(18)41/h6-10,12,15-18,28H,3-5,11,13-14H2,1-2H3,(H,37,41)/t18-,28+/m1/s1. The van der Waals surface area contributed by atoms with E-state index in [1.54, 1.807) is 11.1 Å². The molecule has 41 heavy (non-hydrogen) atoms. The molecule has 2 aliphatic rings. The van der Waals surface area contributed by atoms with E-state index < -0.39 is 17.7 Å². The van der Waals surface area contributed by atoms with E-state index in [4.69, 9.17) is 11.6 Å². The highest BCUT2D eigenvalue weighted by Crippen LogP contribution is 2.37. The van der Waals surface area contributed by atoms with Gasteiger partial charge in [0, 0.05) is 42.4 Å². The molecule has 2 amide bonds. The van der Waals surface area contributed by atoms with E-state index in [-0.39, 0.29) is 59.1 Å². The lowest BCUT2D eigenvalue weighted by molar-refractivity contribution is -0.129. The molecular weight excluding hydrogens is 548 g/mol. The van der Waals surface area contributed by atoms with Gasteiger partial charge in [-0.3, -0.25) is 19.4 Å². The lowest BCUT2D eigenvalue weighted by Gasteiger charge is -2.34. The maximum Gasteiger partial charge on any atom is 0.247 e. The molecule has 2 bridgehead atoms. The van der Waals surface area contributed by atoms with E-state index >= 15 is 0 Å². The number of rotatable bonds is 4. The molecule has 0 saturated heterocycles. The minimum absolute atomic E-state index is 0.0242. The number of Topliss-reactive ketones (excluding diaryl/α,β-unsaturated/α-hetero) is 1. The largest absolute Gasteiger partial charge is 0.330 e. The van der Waals surface area contributed by atoms with Gasteiger partial charge >= 0.3 is 0 Å². The Balaban J connectivity index is 1.53. The van der Waals surface area contributed by atoms with Crippen molar-refractivity contribution in [2.45, 2.75) is 52.0 Å². The Morgan fingerprint density at radius 1 is 1.12 bits per heavy atom. The van der Waals surface area contributed by atoms with Crippen LogP contribution in [0, 0.1) is 17.6 Å². The Labute approximate surface area is 242 Å². The van der Waals surface area contributed by atoms with Gasteiger partial charge < -0.3 is 10.2 Å². The number of nitrogens with one attached hydrogen (secondary N) is 1. The molecule has 0 spiro atoms. The van der Waals surface area contributed by atoms with Crippen molar-refractivity contribution in [1.82, 2.24) is 9.88 Å². The zero-order valence-electron chi connectivity index (χ0n) is 22.8. The number of hydrogen-bond donors (Lipinski definition) is 1. The average Bonchev–Trinajstić information content (AvgIpc) is 2.93. The summed E-state index contributed by atoms with van der Waals surface area (Å²) >= 11 is 5.89. The highest BCUT2D eigenvalue weighted by atomic mass is 35.5. The zero-order chi connectivity index (χ0) is 29.3. The minimum atomic E-state index is -0.878. The van der Waals surface area contributed by atoms with Crippen LogP contribution in [0.3, 0.4) is 0 Å². The summed E-state index contributed by atoms with van der Waals surface area (Å²) in [6, 6.07) is 11.2. The van der Waals surface area contributed by atoms with Gasteiger partial charge in [-0.15, -0.1) is 0 Å². The number of carbonyl (C=O) groups excluding carboxylic acids is 3. The Kier molecular flexibility index (Phi) is 8.31. The number of hydrogen-bond acceptors (Lipinski definition) is 4. The molecule has 0 saturated carbocycles. The maximum atomic E-state index is 14.7. The third kappa shape index (κ3) is 6.07. The summed E-state index contributed by atoms with van der Waals surface area (Å²) in [7, 11) is 0. The second-order valence-corrected chi connectivity index (χ2v) is 11.1. The van der Waals surface area contributed by atoms with Crippen LogP contribution in [-0.4, -0.2) is 34.0 Å². The first-order valence-corrected chi connectivity index (χ1v) is 14.0. The van der Waals surface area contributed by atoms with Crippen LogP contribution in [0.5, 0.6) is 0 Å². The maximum absolute atomic E-state index is 14.7. The van der Waals surface area contributed by atoms with Crippen LogP contribution in [0.25, 0.3) is 16.7 Å². The number of halogens is 3. The minimum Gasteiger partial charge on any atom is -0.330 e. The number of ketones is 1. The molecule has 2 atom stereocenters. The van der Waals surface area contributed by atoms with E-state index in [9.17, 15) is 23.2 Å². The molecular formula is C32H30ClF2N3O3. The van der Waals surface area contributed by atoms with E-state index in [0.717, 1.165) is 28.8 Å². The predicted molar refractivity (Wildman–Crippen MR) is 154 cm³/mol. The first kappa shape index (κ1) is 28.6. The lowest BCUT2D eigenvalue weighted by atomic mass is 9.92. The van der Waals surface area contributed by atoms with Crippen LogP contribution in [0.15, 0.2) is 54.7 Å². The Morgan fingerprint density at radius 2 is 1.93 bits per heavy atom. The SMILES string of the molecule is CC(=O)Cc1ccc2c(c1)NC(=O)[C@H](C)CCC[C@H](N1CCC(c3c(F)ccc(Cl)c3F)=CC1=O)c1cc-2ccn1. The van der Waals surface area contributed by atoms with Gasteiger partial charge in [-0.05, 0) is 73.2 Å². The zero-order valence-corrected chi connectivity index (χ0v) is 23.6. The number of fused-ring (bicyclic) bond motifs is 4. The first-order valence-electron chi connectivity index (χ1n) is 13.7. The smallest absolute Gasteiger partial charge is 0.247 e. The van der Waals surface area contributed by atoms with Crippen molar-refractivity contribution >= 4 is 40.5 Å². The first-order chi connectivity index (χ1) is 19.6. The van der Waals surface area contributed by atoms with Crippen LogP contribution in [0.2, 0.25) is 5.02 Å². The molecule has 1 aromatic heterocycles.